The Hall–Kier alpha value is -2.33. The largest absolute Gasteiger partial charge is 0.342 e. The Morgan fingerprint density at radius 2 is 2.00 bits per heavy atom. The van der Waals surface area contributed by atoms with Crippen LogP contribution >= 0.6 is 11.6 Å². The lowest BCUT2D eigenvalue weighted by atomic mass is 10.1. The summed E-state index contributed by atoms with van der Waals surface area (Å²) in [6.07, 6.45) is 1.66. The van der Waals surface area contributed by atoms with E-state index in [0.29, 0.717) is 11.4 Å². The summed E-state index contributed by atoms with van der Waals surface area (Å²) >= 11 is 5.72. The number of benzene rings is 2. The molecule has 1 aromatic heterocycles. The van der Waals surface area contributed by atoms with Crippen molar-refractivity contribution < 1.29 is 4.79 Å². The molecule has 0 aliphatic rings. The van der Waals surface area contributed by atoms with Gasteiger partial charge in [0.1, 0.15) is 5.82 Å². The van der Waals surface area contributed by atoms with E-state index < -0.39 is 0 Å². The van der Waals surface area contributed by atoms with Gasteiger partial charge in [0.25, 0.3) is 5.91 Å². The maximum Gasteiger partial charge on any atom is 0.255 e. The lowest BCUT2D eigenvalue weighted by Gasteiger charge is -2.06. The van der Waals surface area contributed by atoms with Gasteiger partial charge < -0.3 is 10.3 Å². The second-order valence-corrected chi connectivity index (χ2v) is 5.74. The van der Waals surface area contributed by atoms with Crippen LogP contribution in [-0.4, -0.2) is 21.8 Å². The smallest absolute Gasteiger partial charge is 0.255 e. The fraction of sp³-hybridized carbons (Fsp3) is 0.222. The third-order valence-electron chi connectivity index (χ3n) is 3.72. The van der Waals surface area contributed by atoms with Crippen molar-refractivity contribution in [1.82, 2.24) is 9.97 Å². The average molecular weight is 328 g/mol. The maximum atomic E-state index is 12.4. The van der Waals surface area contributed by atoms with Crippen molar-refractivity contribution in [3.8, 4) is 0 Å². The third-order valence-corrected chi connectivity index (χ3v) is 3.91. The van der Waals surface area contributed by atoms with Crippen LogP contribution in [0.25, 0.3) is 11.0 Å². The molecule has 23 heavy (non-hydrogen) atoms. The molecule has 4 nitrogen and oxygen atoms in total. The van der Waals surface area contributed by atoms with Gasteiger partial charge in [-0.05, 0) is 42.3 Å². The second kappa shape index (κ2) is 6.84. The molecule has 2 N–H and O–H groups in total. The molecule has 0 radical (unpaired) electrons. The molecule has 3 rings (SSSR count). The highest BCUT2D eigenvalue weighted by molar-refractivity contribution is 6.18. The SMILES string of the molecule is CCc1nc2ccc(C(=O)Nc3ccc(CCCl)cc3)cc2[nH]1. The van der Waals surface area contributed by atoms with Crippen molar-refractivity contribution in [2.24, 2.45) is 0 Å². The fourth-order valence-electron chi connectivity index (χ4n) is 2.44. The third kappa shape index (κ3) is 3.54. The van der Waals surface area contributed by atoms with Gasteiger partial charge >= 0.3 is 0 Å². The molecule has 2 aromatic carbocycles. The molecule has 0 saturated carbocycles. The van der Waals surface area contributed by atoms with Gasteiger partial charge in [-0.2, -0.15) is 0 Å². The highest BCUT2D eigenvalue weighted by Gasteiger charge is 2.09. The number of carbonyl (C=O) groups is 1. The number of halogens is 1. The molecule has 5 heteroatoms. The Kier molecular flexibility index (Phi) is 4.63. The lowest BCUT2D eigenvalue weighted by Crippen LogP contribution is -2.11. The number of H-pyrrole nitrogens is 1. The number of fused-ring (bicyclic) bond motifs is 1. The number of carbonyl (C=O) groups excluding carboxylic acids is 1. The molecule has 0 fully saturated rings. The number of nitrogens with one attached hydrogen (secondary N) is 2. The predicted molar refractivity (Wildman–Crippen MR) is 94.3 cm³/mol. The van der Waals surface area contributed by atoms with Crippen molar-refractivity contribution in [2.45, 2.75) is 19.8 Å². The van der Waals surface area contributed by atoms with Gasteiger partial charge in [0.05, 0.1) is 11.0 Å². The predicted octanol–water partition coefficient (Wildman–Crippen LogP) is 4.16. The summed E-state index contributed by atoms with van der Waals surface area (Å²) in [7, 11) is 0. The van der Waals surface area contributed by atoms with Gasteiger partial charge in [-0.15, -0.1) is 11.6 Å². The number of aromatic nitrogens is 2. The van der Waals surface area contributed by atoms with Gasteiger partial charge in [0, 0.05) is 23.6 Å². The second-order valence-electron chi connectivity index (χ2n) is 5.36. The quantitative estimate of drug-likeness (QED) is 0.691. The number of nitrogens with zero attached hydrogens (tertiary/aromatic N) is 1. The van der Waals surface area contributed by atoms with Crippen molar-refractivity contribution >= 4 is 34.2 Å². The number of rotatable bonds is 5. The minimum Gasteiger partial charge on any atom is -0.342 e. The molecule has 118 valence electrons. The Morgan fingerprint density at radius 1 is 1.22 bits per heavy atom. The first-order valence-electron chi connectivity index (χ1n) is 7.64. The van der Waals surface area contributed by atoms with E-state index in [0.717, 1.165) is 41.0 Å². The standard InChI is InChI=1S/C18H18ClN3O/c1-2-17-21-15-8-5-13(11-16(15)22-17)18(23)20-14-6-3-12(4-7-14)9-10-19/h3-8,11H,2,9-10H2,1H3,(H,20,23)(H,21,22). The molecule has 0 bridgehead atoms. The van der Waals surface area contributed by atoms with E-state index in [9.17, 15) is 4.79 Å². The Balaban J connectivity index is 1.76. The number of alkyl halides is 1. The minimum atomic E-state index is -0.135. The summed E-state index contributed by atoms with van der Waals surface area (Å²) in [4.78, 5) is 20.0. The van der Waals surface area contributed by atoms with E-state index in [1.165, 1.54) is 0 Å². The van der Waals surface area contributed by atoms with Crippen molar-refractivity contribution in [2.75, 3.05) is 11.2 Å². The zero-order valence-electron chi connectivity index (χ0n) is 12.9. The summed E-state index contributed by atoms with van der Waals surface area (Å²) in [5.41, 5.74) is 4.29. The first kappa shape index (κ1) is 15.6. The summed E-state index contributed by atoms with van der Waals surface area (Å²) in [6, 6.07) is 13.2. The number of aromatic amines is 1. The molecule has 1 amide bonds. The Morgan fingerprint density at radius 3 is 2.70 bits per heavy atom. The van der Waals surface area contributed by atoms with Crippen LogP contribution in [0.3, 0.4) is 0 Å². The molecule has 0 saturated heterocycles. The summed E-state index contributed by atoms with van der Waals surface area (Å²) in [6.45, 7) is 2.04. The van der Waals surface area contributed by atoms with Gasteiger partial charge in [-0.3, -0.25) is 4.79 Å². The number of amides is 1. The Bertz CT molecular complexity index is 824. The van der Waals surface area contributed by atoms with Gasteiger partial charge in [0.15, 0.2) is 0 Å². The topological polar surface area (TPSA) is 57.8 Å². The monoisotopic (exact) mass is 327 g/mol. The molecule has 0 aliphatic heterocycles. The number of hydrogen-bond acceptors (Lipinski definition) is 2. The van der Waals surface area contributed by atoms with Crippen LogP contribution in [0.2, 0.25) is 0 Å². The van der Waals surface area contributed by atoms with Crippen LogP contribution < -0.4 is 5.32 Å². The first-order valence-corrected chi connectivity index (χ1v) is 8.18. The molecule has 0 unspecified atom stereocenters. The van der Waals surface area contributed by atoms with Gasteiger partial charge in [-0.25, -0.2) is 4.98 Å². The minimum absolute atomic E-state index is 0.135. The number of anilines is 1. The highest BCUT2D eigenvalue weighted by Crippen LogP contribution is 2.16. The van der Waals surface area contributed by atoms with E-state index >= 15 is 0 Å². The zero-order chi connectivity index (χ0) is 16.2. The van der Waals surface area contributed by atoms with Crippen LogP contribution in [0.5, 0.6) is 0 Å². The van der Waals surface area contributed by atoms with Crippen molar-refractivity contribution in [3.05, 3.63) is 59.4 Å². The first-order chi connectivity index (χ1) is 11.2. The van der Waals surface area contributed by atoms with Crippen LogP contribution in [0.1, 0.15) is 28.7 Å². The van der Waals surface area contributed by atoms with E-state index in [-0.39, 0.29) is 5.91 Å². The lowest BCUT2D eigenvalue weighted by molar-refractivity contribution is 0.102. The summed E-state index contributed by atoms with van der Waals surface area (Å²) in [5.74, 6) is 1.38. The highest BCUT2D eigenvalue weighted by atomic mass is 35.5. The van der Waals surface area contributed by atoms with Gasteiger partial charge in [-0.1, -0.05) is 19.1 Å². The number of hydrogen-bond donors (Lipinski definition) is 2. The summed E-state index contributed by atoms with van der Waals surface area (Å²) in [5, 5.41) is 2.91. The molecule has 0 spiro atoms. The number of aryl methyl sites for hydroxylation is 2. The molecular formula is C18H18ClN3O. The molecule has 0 atom stereocenters. The zero-order valence-corrected chi connectivity index (χ0v) is 13.7. The van der Waals surface area contributed by atoms with Crippen molar-refractivity contribution in [3.63, 3.8) is 0 Å². The van der Waals surface area contributed by atoms with E-state index in [1.807, 2.05) is 43.3 Å². The molecule has 3 aromatic rings. The van der Waals surface area contributed by atoms with E-state index in [2.05, 4.69) is 15.3 Å². The van der Waals surface area contributed by atoms with E-state index in [1.54, 1.807) is 6.07 Å². The van der Waals surface area contributed by atoms with E-state index in [4.69, 9.17) is 11.6 Å². The fourth-order valence-corrected chi connectivity index (χ4v) is 2.66. The average Bonchev–Trinajstić information content (AvgIpc) is 2.99. The van der Waals surface area contributed by atoms with Crippen molar-refractivity contribution in [1.29, 1.82) is 0 Å². The van der Waals surface area contributed by atoms with Crippen LogP contribution in [0.4, 0.5) is 5.69 Å². The Labute approximate surface area is 139 Å². The van der Waals surface area contributed by atoms with Crippen LogP contribution in [0.15, 0.2) is 42.5 Å². The van der Waals surface area contributed by atoms with Crippen LogP contribution in [0, 0.1) is 0 Å². The number of imidazole rings is 1. The normalized spacial score (nSPS) is 10.9. The maximum absolute atomic E-state index is 12.4. The molecule has 0 aliphatic carbocycles. The molecule has 1 heterocycles. The van der Waals surface area contributed by atoms with Gasteiger partial charge in [0.2, 0.25) is 0 Å². The summed E-state index contributed by atoms with van der Waals surface area (Å²) < 4.78 is 0. The van der Waals surface area contributed by atoms with Crippen LogP contribution in [-0.2, 0) is 12.8 Å². The molecular weight excluding hydrogens is 310 g/mol.